The average molecular weight is 394 g/mol. The summed E-state index contributed by atoms with van der Waals surface area (Å²) in [6, 6.07) is 19.0. The van der Waals surface area contributed by atoms with Gasteiger partial charge in [-0.25, -0.2) is 12.8 Å². The molecular weight excluding hydrogens is 379 g/mol. The molecule has 0 radical (unpaired) electrons. The number of nitrogens with zero attached hydrogens (tertiary/aromatic N) is 2. The fourth-order valence-electron chi connectivity index (χ4n) is 2.81. The predicted octanol–water partition coefficient (Wildman–Crippen LogP) is 4.68. The van der Waals surface area contributed by atoms with Crippen LogP contribution in [-0.2, 0) is 9.84 Å². The summed E-state index contributed by atoms with van der Waals surface area (Å²) < 4.78 is 45.5. The zero-order chi connectivity index (χ0) is 19.7. The van der Waals surface area contributed by atoms with Crippen molar-refractivity contribution in [3.63, 3.8) is 0 Å². The van der Waals surface area contributed by atoms with Gasteiger partial charge in [0, 0.05) is 0 Å². The summed E-state index contributed by atoms with van der Waals surface area (Å²) in [6.45, 7) is 1.88. The number of aromatic nitrogens is 2. The van der Waals surface area contributed by atoms with E-state index in [1.54, 1.807) is 54.6 Å². The molecule has 4 aromatic rings. The first-order valence-corrected chi connectivity index (χ1v) is 9.95. The van der Waals surface area contributed by atoms with E-state index in [2.05, 4.69) is 10.1 Å². The molecule has 0 aliphatic rings. The average Bonchev–Trinajstić information content (AvgIpc) is 3.18. The molecule has 0 amide bonds. The van der Waals surface area contributed by atoms with Crippen molar-refractivity contribution in [2.75, 3.05) is 0 Å². The quantitative estimate of drug-likeness (QED) is 0.502. The van der Waals surface area contributed by atoms with Crippen LogP contribution in [0, 0.1) is 12.7 Å². The van der Waals surface area contributed by atoms with Gasteiger partial charge in [0.2, 0.25) is 15.7 Å². The number of rotatable bonds is 4. The van der Waals surface area contributed by atoms with Crippen LogP contribution in [0.1, 0.15) is 5.56 Å². The molecule has 0 fully saturated rings. The standard InChI is InChI=1S/C21H15FN2O3S/c1-14-10-12-15(13-11-14)28(25,26)19-9-5-3-7-17(19)21-23-20(24-27-21)16-6-2-4-8-18(16)22/h2-13H,1H3. The van der Waals surface area contributed by atoms with Gasteiger partial charge in [-0.15, -0.1) is 0 Å². The first kappa shape index (κ1) is 18.1. The van der Waals surface area contributed by atoms with Gasteiger partial charge in [0.05, 0.1) is 20.9 Å². The fourth-order valence-corrected chi connectivity index (χ4v) is 4.26. The van der Waals surface area contributed by atoms with E-state index < -0.39 is 15.7 Å². The zero-order valence-corrected chi connectivity index (χ0v) is 15.7. The Morgan fingerprint density at radius 2 is 1.50 bits per heavy atom. The highest BCUT2D eigenvalue weighted by Crippen LogP contribution is 2.32. The monoisotopic (exact) mass is 394 g/mol. The third-order valence-electron chi connectivity index (χ3n) is 4.28. The van der Waals surface area contributed by atoms with Gasteiger partial charge >= 0.3 is 0 Å². The second kappa shape index (κ2) is 7.01. The highest BCUT2D eigenvalue weighted by Gasteiger charge is 2.25. The van der Waals surface area contributed by atoms with Gasteiger partial charge in [-0.3, -0.25) is 0 Å². The molecule has 0 unspecified atom stereocenters. The summed E-state index contributed by atoms with van der Waals surface area (Å²) >= 11 is 0. The van der Waals surface area contributed by atoms with Crippen molar-refractivity contribution >= 4 is 9.84 Å². The Labute approximate surface area is 161 Å². The van der Waals surface area contributed by atoms with E-state index in [-0.39, 0.29) is 32.6 Å². The van der Waals surface area contributed by atoms with Crippen molar-refractivity contribution in [2.45, 2.75) is 16.7 Å². The molecule has 140 valence electrons. The van der Waals surface area contributed by atoms with Crippen molar-refractivity contribution in [1.82, 2.24) is 10.1 Å². The van der Waals surface area contributed by atoms with Crippen LogP contribution >= 0.6 is 0 Å². The van der Waals surface area contributed by atoms with Gasteiger partial charge in [0.1, 0.15) is 5.82 Å². The lowest BCUT2D eigenvalue weighted by Gasteiger charge is -2.08. The molecular formula is C21H15FN2O3S. The Bertz CT molecular complexity index is 1250. The van der Waals surface area contributed by atoms with E-state index in [4.69, 9.17) is 4.52 Å². The third kappa shape index (κ3) is 3.20. The maximum Gasteiger partial charge on any atom is 0.259 e. The minimum atomic E-state index is -3.80. The van der Waals surface area contributed by atoms with Crippen molar-refractivity contribution in [2.24, 2.45) is 0 Å². The van der Waals surface area contributed by atoms with Gasteiger partial charge in [-0.05, 0) is 43.3 Å². The Kier molecular flexibility index (Phi) is 4.52. The van der Waals surface area contributed by atoms with Crippen LogP contribution in [0.15, 0.2) is 87.1 Å². The van der Waals surface area contributed by atoms with Gasteiger partial charge in [0.15, 0.2) is 0 Å². The van der Waals surface area contributed by atoms with E-state index in [9.17, 15) is 12.8 Å². The van der Waals surface area contributed by atoms with Crippen LogP contribution in [0.2, 0.25) is 0 Å². The predicted molar refractivity (Wildman–Crippen MR) is 102 cm³/mol. The van der Waals surface area contributed by atoms with E-state index in [0.29, 0.717) is 0 Å². The van der Waals surface area contributed by atoms with Crippen molar-refractivity contribution in [3.05, 3.63) is 84.2 Å². The summed E-state index contributed by atoms with van der Waals surface area (Å²) in [7, 11) is -3.80. The smallest absolute Gasteiger partial charge is 0.259 e. The van der Waals surface area contributed by atoms with E-state index >= 15 is 0 Å². The highest BCUT2D eigenvalue weighted by molar-refractivity contribution is 7.91. The van der Waals surface area contributed by atoms with Crippen molar-refractivity contribution in [3.8, 4) is 22.8 Å². The lowest BCUT2D eigenvalue weighted by Crippen LogP contribution is -2.04. The number of halogens is 1. The molecule has 0 aliphatic carbocycles. The van der Waals surface area contributed by atoms with Gasteiger partial charge in [-0.2, -0.15) is 4.98 Å². The minimum Gasteiger partial charge on any atom is -0.334 e. The van der Waals surface area contributed by atoms with Crippen LogP contribution < -0.4 is 0 Å². The number of aryl methyl sites for hydroxylation is 1. The van der Waals surface area contributed by atoms with Crippen LogP contribution in [0.25, 0.3) is 22.8 Å². The topological polar surface area (TPSA) is 73.1 Å². The van der Waals surface area contributed by atoms with E-state index in [1.165, 1.54) is 18.2 Å². The summed E-state index contributed by atoms with van der Waals surface area (Å²) in [4.78, 5) is 4.42. The molecule has 0 N–H and O–H groups in total. The molecule has 1 aromatic heterocycles. The molecule has 4 rings (SSSR count). The SMILES string of the molecule is Cc1ccc(S(=O)(=O)c2ccccc2-c2nc(-c3ccccc3F)no2)cc1. The van der Waals surface area contributed by atoms with Crippen molar-refractivity contribution < 1.29 is 17.3 Å². The second-order valence-corrected chi connectivity index (χ2v) is 8.13. The Balaban J connectivity index is 1.81. The molecule has 0 saturated carbocycles. The van der Waals surface area contributed by atoms with Gasteiger partial charge < -0.3 is 4.52 Å². The molecule has 28 heavy (non-hydrogen) atoms. The highest BCUT2D eigenvalue weighted by atomic mass is 32.2. The normalized spacial score (nSPS) is 11.5. The molecule has 1 heterocycles. The maximum atomic E-state index is 14.0. The fraction of sp³-hybridized carbons (Fsp3) is 0.0476. The maximum absolute atomic E-state index is 14.0. The summed E-state index contributed by atoms with van der Waals surface area (Å²) in [6.07, 6.45) is 0. The summed E-state index contributed by atoms with van der Waals surface area (Å²) in [5.41, 5.74) is 1.40. The number of benzene rings is 3. The largest absolute Gasteiger partial charge is 0.334 e. The van der Waals surface area contributed by atoms with E-state index in [0.717, 1.165) is 5.56 Å². The minimum absolute atomic E-state index is 0.00420. The molecule has 0 aliphatic heterocycles. The number of hydrogen-bond acceptors (Lipinski definition) is 5. The number of sulfone groups is 1. The van der Waals surface area contributed by atoms with Gasteiger partial charge in [-0.1, -0.05) is 47.1 Å². The lowest BCUT2D eigenvalue weighted by atomic mass is 10.2. The molecule has 0 bridgehead atoms. The van der Waals surface area contributed by atoms with Crippen LogP contribution in [0.3, 0.4) is 0 Å². The molecule has 0 saturated heterocycles. The van der Waals surface area contributed by atoms with Gasteiger partial charge in [0.25, 0.3) is 5.89 Å². The Morgan fingerprint density at radius 1 is 0.857 bits per heavy atom. The van der Waals surface area contributed by atoms with E-state index in [1.807, 2.05) is 6.92 Å². The summed E-state index contributed by atoms with van der Waals surface area (Å²) in [5, 5.41) is 3.81. The van der Waals surface area contributed by atoms with Crippen LogP contribution in [-0.4, -0.2) is 18.6 Å². The molecule has 0 spiro atoms. The zero-order valence-electron chi connectivity index (χ0n) is 14.8. The number of hydrogen-bond donors (Lipinski definition) is 0. The first-order chi connectivity index (χ1) is 13.5. The van der Waals surface area contributed by atoms with Crippen LogP contribution in [0.4, 0.5) is 4.39 Å². The second-order valence-electron chi connectivity index (χ2n) is 6.22. The first-order valence-electron chi connectivity index (χ1n) is 8.46. The molecule has 0 atom stereocenters. The Hall–Kier alpha value is -3.32. The molecule has 3 aromatic carbocycles. The van der Waals surface area contributed by atoms with Crippen LogP contribution in [0.5, 0.6) is 0 Å². The Morgan fingerprint density at radius 3 is 2.21 bits per heavy atom. The lowest BCUT2D eigenvalue weighted by molar-refractivity contribution is 0.431. The summed E-state index contributed by atoms with van der Waals surface area (Å²) in [5.74, 6) is -0.435. The van der Waals surface area contributed by atoms with Crippen molar-refractivity contribution in [1.29, 1.82) is 0 Å². The molecule has 5 nitrogen and oxygen atoms in total. The molecule has 7 heteroatoms. The third-order valence-corrected chi connectivity index (χ3v) is 6.11.